The first-order valence-electron chi connectivity index (χ1n) is 24.7. The third-order valence-corrected chi connectivity index (χ3v) is 12.3. The van der Waals surface area contributed by atoms with Crippen LogP contribution in [-0.2, 0) is 73.8 Å². The van der Waals surface area contributed by atoms with Gasteiger partial charge in [0.05, 0.1) is 26.1 Å². The van der Waals surface area contributed by atoms with E-state index in [1.165, 1.54) is 21.9 Å². The van der Waals surface area contributed by atoms with Gasteiger partial charge in [-0.15, -0.1) is 0 Å². The highest BCUT2D eigenvalue weighted by molar-refractivity contribution is 6.05. The molecule has 2 aliphatic heterocycles. The topological polar surface area (TPSA) is 319 Å². The lowest BCUT2D eigenvalue weighted by Gasteiger charge is -2.34. The number of aromatic nitrogens is 2. The van der Waals surface area contributed by atoms with Gasteiger partial charge in [0.25, 0.3) is 23.6 Å². The predicted molar refractivity (Wildman–Crippen MR) is 286 cm³/mol. The van der Waals surface area contributed by atoms with Crippen LogP contribution in [0.1, 0.15) is 27.8 Å². The van der Waals surface area contributed by atoms with Gasteiger partial charge in [0.15, 0.2) is 30.2 Å². The summed E-state index contributed by atoms with van der Waals surface area (Å²) in [6.45, 7) is 0.959. The van der Waals surface area contributed by atoms with Crippen molar-refractivity contribution in [1.82, 2.24) is 10.1 Å². The van der Waals surface area contributed by atoms with E-state index in [1.54, 1.807) is 84.9 Å². The summed E-state index contributed by atoms with van der Waals surface area (Å²) in [6.07, 6.45) is -6.33. The fourth-order valence-corrected chi connectivity index (χ4v) is 8.26. The maximum absolute atomic E-state index is 13.2. The summed E-state index contributed by atoms with van der Waals surface area (Å²) < 4.78 is 26.1. The standard InChI is InChI=1S/C29H26N4O8.C28H28N4O6/c34-23(40-17-18-5-2-1-3-6-18)16-19-7-4-8-22(15-19)33-13-14-39-25(28(33)37)24(35)27(36)30-21-11-9-20(10-12-21)26-31-29(38)41-32-26;29-26(30)20-9-11-21(12-10-20)31-27(35)24(34)25-28(36)32(13-14-37-25)22-8-4-7-19(15-22)16-23(33)38-17-18-5-2-1-3-6-18/h1-12,15,24-25,35H,13-14,16-17H2,(H,30,36)(H,31,32,38);1-12,15,24-25,34H,13-14,16-17H2,(H3,29,30)(H,31,35)/t2*24-,25-/m11/s1. The number of H-pyrrole nitrogens is 1. The second-order valence-corrected chi connectivity index (χ2v) is 17.9. The second-order valence-electron chi connectivity index (χ2n) is 17.9. The molecule has 22 nitrogen and oxygen atoms in total. The molecule has 2 aliphatic rings. The maximum atomic E-state index is 13.2. The fraction of sp³-hybridized carbons (Fsp3) is 0.211. The first-order chi connectivity index (χ1) is 38.2. The lowest BCUT2D eigenvalue weighted by atomic mass is 10.1. The third kappa shape index (κ3) is 15.1. The average Bonchev–Trinajstić information content (AvgIpc) is 3.99. The van der Waals surface area contributed by atoms with E-state index in [0.717, 1.165) is 11.1 Å². The van der Waals surface area contributed by atoms with E-state index in [4.69, 9.17) is 30.1 Å². The van der Waals surface area contributed by atoms with Crippen molar-refractivity contribution in [3.8, 4) is 11.4 Å². The molecule has 7 aromatic rings. The summed E-state index contributed by atoms with van der Waals surface area (Å²) in [4.78, 5) is 92.9. The van der Waals surface area contributed by atoms with E-state index in [9.17, 15) is 43.8 Å². The first-order valence-corrected chi connectivity index (χ1v) is 24.7. The van der Waals surface area contributed by atoms with Gasteiger partial charge in [-0.3, -0.25) is 43.7 Å². The Balaban J connectivity index is 0.000000209. The van der Waals surface area contributed by atoms with Crippen molar-refractivity contribution in [2.24, 2.45) is 5.73 Å². The van der Waals surface area contributed by atoms with Gasteiger partial charge in [0, 0.05) is 47.0 Å². The number of morpholine rings is 2. The molecule has 4 atom stereocenters. The summed E-state index contributed by atoms with van der Waals surface area (Å²) in [7, 11) is 0. The number of aliphatic hydroxyl groups is 2. The minimum absolute atomic E-state index is 0.0131. The number of anilines is 4. The number of esters is 2. The molecule has 1 aromatic heterocycles. The Hall–Kier alpha value is -9.61. The zero-order valence-electron chi connectivity index (χ0n) is 42.2. The molecule has 4 amide bonds. The lowest BCUT2D eigenvalue weighted by Crippen LogP contribution is -2.55. The third-order valence-electron chi connectivity index (χ3n) is 12.3. The van der Waals surface area contributed by atoms with Crippen molar-refractivity contribution in [1.29, 1.82) is 5.41 Å². The van der Waals surface area contributed by atoms with E-state index in [1.807, 2.05) is 60.7 Å². The van der Waals surface area contributed by atoms with E-state index >= 15 is 0 Å². The molecule has 2 saturated heterocycles. The van der Waals surface area contributed by atoms with Crippen molar-refractivity contribution in [3.05, 3.63) is 196 Å². The molecule has 0 unspecified atom stereocenters. The number of nitrogens with one attached hydrogen (secondary N) is 4. The molecule has 9 rings (SSSR count). The quantitative estimate of drug-likeness (QED) is 0.0362. The van der Waals surface area contributed by atoms with Gasteiger partial charge < -0.3 is 55.3 Å². The minimum atomic E-state index is -1.78. The van der Waals surface area contributed by atoms with Crippen LogP contribution in [0.15, 0.2) is 167 Å². The molecule has 79 heavy (non-hydrogen) atoms. The predicted octanol–water partition coefficient (Wildman–Crippen LogP) is 4.04. The molecule has 6 aromatic carbocycles. The van der Waals surface area contributed by atoms with Crippen LogP contribution in [0.4, 0.5) is 22.7 Å². The maximum Gasteiger partial charge on any atom is 0.439 e. The molecule has 8 N–H and O–H groups in total. The van der Waals surface area contributed by atoms with Gasteiger partial charge in [0.1, 0.15) is 19.0 Å². The highest BCUT2D eigenvalue weighted by atomic mass is 16.5. The van der Waals surface area contributed by atoms with Crippen molar-refractivity contribution in [2.45, 2.75) is 50.5 Å². The number of hydrogen-bond acceptors (Lipinski definition) is 16. The minimum Gasteiger partial charge on any atom is -0.461 e. The number of aromatic amines is 1. The Morgan fingerprint density at radius 2 is 1.05 bits per heavy atom. The normalized spacial score (nSPS) is 15.9. The highest BCUT2D eigenvalue weighted by Crippen LogP contribution is 2.26. The van der Waals surface area contributed by atoms with Gasteiger partial charge in [-0.1, -0.05) is 90.1 Å². The lowest BCUT2D eigenvalue weighted by molar-refractivity contribution is -0.150. The van der Waals surface area contributed by atoms with Crippen LogP contribution >= 0.6 is 0 Å². The Morgan fingerprint density at radius 3 is 1.47 bits per heavy atom. The zero-order chi connectivity index (χ0) is 55.8. The van der Waals surface area contributed by atoms with Gasteiger partial charge in [-0.25, -0.2) is 4.79 Å². The molecular formula is C57H54N8O14. The Bertz CT molecular complexity index is 3340. The number of amidine groups is 1. The Morgan fingerprint density at radius 1 is 0.620 bits per heavy atom. The molecule has 3 heterocycles. The summed E-state index contributed by atoms with van der Waals surface area (Å²) in [6, 6.07) is 44.9. The number of carbonyl (C=O) groups excluding carboxylic acids is 6. The number of amides is 4. The fourth-order valence-electron chi connectivity index (χ4n) is 8.26. The summed E-state index contributed by atoms with van der Waals surface area (Å²) in [5, 5.41) is 37.4. The van der Waals surface area contributed by atoms with Crippen LogP contribution in [0.5, 0.6) is 0 Å². The molecule has 0 spiro atoms. The average molecular weight is 1080 g/mol. The smallest absolute Gasteiger partial charge is 0.439 e. The van der Waals surface area contributed by atoms with Gasteiger partial charge in [-0.2, -0.15) is 0 Å². The molecule has 406 valence electrons. The van der Waals surface area contributed by atoms with Crippen molar-refractivity contribution in [3.63, 3.8) is 0 Å². The largest absolute Gasteiger partial charge is 0.461 e. The van der Waals surface area contributed by atoms with Crippen LogP contribution in [0, 0.1) is 5.41 Å². The number of aliphatic hydroxyl groups excluding tert-OH is 2. The van der Waals surface area contributed by atoms with E-state index < -0.39 is 65.7 Å². The monoisotopic (exact) mass is 1070 g/mol. The summed E-state index contributed by atoms with van der Waals surface area (Å²) in [5.74, 6) is -4.20. The zero-order valence-corrected chi connectivity index (χ0v) is 42.2. The SMILES string of the molecule is N=C(N)c1ccc(NC(=O)[C@H](O)[C@H]2OCCN(c3cccc(CC(=O)OCc4ccccc4)c3)C2=O)cc1.O=C(Cc1cccc(N2CCO[C@H]([C@@H](O)C(=O)Nc3ccc(-c4noc(=O)[nH]4)cc3)C2=O)c1)OCc1ccccc1. The van der Waals surface area contributed by atoms with Crippen LogP contribution in [0.3, 0.4) is 0 Å². The van der Waals surface area contributed by atoms with Crippen LogP contribution < -0.4 is 31.9 Å². The first kappa shape index (κ1) is 55.6. The molecule has 0 bridgehead atoms. The number of nitrogens with zero attached hydrogens (tertiary/aromatic N) is 3. The summed E-state index contributed by atoms with van der Waals surface area (Å²) in [5.41, 5.74) is 11.3. The number of benzene rings is 6. The number of rotatable bonds is 18. The van der Waals surface area contributed by atoms with E-state index in [0.29, 0.717) is 45.0 Å². The Kier molecular flexibility index (Phi) is 18.6. The van der Waals surface area contributed by atoms with E-state index in [-0.39, 0.29) is 64.0 Å². The number of nitrogens with two attached hydrogens (primary N) is 1. The molecule has 22 heteroatoms. The van der Waals surface area contributed by atoms with Crippen molar-refractivity contribution in [2.75, 3.05) is 46.7 Å². The number of nitrogen functional groups attached to an aromatic ring is 1. The van der Waals surface area contributed by atoms with E-state index in [2.05, 4.69) is 25.3 Å². The second kappa shape index (κ2) is 26.4. The highest BCUT2D eigenvalue weighted by Gasteiger charge is 2.41. The molecule has 0 radical (unpaired) electrons. The number of carbonyl (C=O) groups is 6. The van der Waals surface area contributed by atoms with Gasteiger partial charge >= 0.3 is 17.7 Å². The summed E-state index contributed by atoms with van der Waals surface area (Å²) >= 11 is 0. The van der Waals surface area contributed by atoms with Crippen molar-refractivity contribution >= 4 is 64.2 Å². The van der Waals surface area contributed by atoms with Crippen molar-refractivity contribution < 1.29 is 62.5 Å². The van der Waals surface area contributed by atoms with Crippen LogP contribution in [0.25, 0.3) is 11.4 Å². The van der Waals surface area contributed by atoms with Crippen LogP contribution in [0.2, 0.25) is 0 Å². The number of hydrogen-bond donors (Lipinski definition) is 7. The molecular weight excluding hydrogens is 1020 g/mol. The van der Waals surface area contributed by atoms with Gasteiger partial charge in [0.2, 0.25) is 0 Å². The Labute approximate surface area is 451 Å². The molecule has 0 aliphatic carbocycles. The van der Waals surface area contributed by atoms with Crippen LogP contribution in [-0.4, -0.2) is 112 Å². The number of ether oxygens (including phenoxy) is 4. The molecule has 0 saturated carbocycles. The van der Waals surface area contributed by atoms with Gasteiger partial charge in [-0.05, 0) is 95.1 Å². The molecule has 2 fully saturated rings.